The van der Waals surface area contributed by atoms with Crippen LogP contribution in [-0.2, 0) is 42.0 Å². The molecule has 0 atom stereocenters. The number of methoxy groups -OCH3 is 1. The summed E-state index contributed by atoms with van der Waals surface area (Å²) in [6.07, 6.45) is -4.49. The first-order chi connectivity index (χ1) is 29.0. The van der Waals surface area contributed by atoms with Crippen LogP contribution in [0, 0.1) is 0 Å². The van der Waals surface area contributed by atoms with Crippen LogP contribution < -0.4 is 9.03 Å². The molecule has 16 nitrogen and oxygen atoms in total. The number of hydrogen-bond acceptors (Lipinski definition) is 12. The summed E-state index contributed by atoms with van der Waals surface area (Å²) in [5, 5.41) is -0.0934. The highest BCUT2D eigenvalue weighted by molar-refractivity contribution is 7.93. The number of ketones is 1. The van der Waals surface area contributed by atoms with Crippen molar-refractivity contribution < 1.29 is 62.3 Å². The third-order valence-corrected chi connectivity index (χ3v) is 12.0. The summed E-state index contributed by atoms with van der Waals surface area (Å²) < 4.78 is 139. The number of alkyl halides is 6. The maximum Gasteiger partial charge on any atom is 0.417 e. The van der Waals surface area contributed by atoms with Crippen molar-refractivity contribution in [3.05, 3.63) is 130 Å². The fraction of sp³-hybridized carbons (Fsp3) is 0.167. The predicted octanol–water partition coefficient (Wildman–Crippen LogP) is 7.24. The quantitative estimate of drug-likeness (QED) is 0.0539. The lowest BCUT2D eigenvalue weighted by Gasteiger charge is -2.26. The number of carbonyl (C=O) groups is 2. The molecule has 0 unspecified atom stereocenters. The first-order valence-corrected chi connectivity index (χ1v) is 20.5. The minimum Gasteiger partial charge on any atom is -0.363 e. The Bertz CT molecular complexity index is 2870. The minimum absolute atomic E-state index is 0.0266. The number of hydroxylamine groups is 2. The van der Waals surface area contributed by atoms with Crippen molar-refractivity contribution in [2.24, 2.45) is 0 Å². The predicted molar refractivity (Wildman–Crippen MR) is 210 cm³/mol. The molecule has 0 aliphatic heterocycles. The van der Waals surface area contributed by atoms with Crippen LogP contribution in [0.1, 0.15) is 37.8 Å². The molecule has 0 aliphatic rings. The highest BCUT2D eigenvalue weighted by Gasteiger charge is 2.37. The molecule has 0 saturated carbocycles. The van der Waals surface area contributed by atoms with Crippen molar-refractivity contribution in [2.45, 2.75) is 22.1 Å². The first-order valence-electron chi connectivity index (χ1n) is 16.9. The van der Waals surface area contributed by atoms with Gasteiger partial charge in [0.15, 0.2) is 5.69 Å². The molecule has 0 spiro atoms. The Morgan fingerprint density at radius 2 is 1.35 bits per heavy atom. The van der Waals surface area contributed by atoms with Crippen molar-refractivity contribution in [2.75, 3.05) is 37.0 Å². The Morgan fingerprint density at radius 1 is 0.774 bits per heavy atom. The lowest BCUT2D eigenvalue weighted by Crippen LogP contribution is -2.36. The largest absolute Gasteiger partial charge is 0.417 e. The zero-order chi connectivity index (χ0) is 45.8. The van der Waals surface area contributed by atoms with Gasteiger partial charge in [-0.05, 0) is 66.7 Å². The molecule has 0 saturated heterocycles. The first kappa shape index (κ1) is 47.1. The van der Waals surface area contributed by atoms with E-state index in [1.807, 2.05) is 0 Å². The topological polar surface area (TPSA) is 207 Å². The van der Waals surface area contributed by atoms with Crippen LogP contribution in [0.3, 0.4) is 0 Å². The smallest absolute Gasteiger partial charge is 0.363 e. The van der Waals surface area contributed by atoms with E-state index in [0.29, 0.717) is 27.5 Å². The summed E-state index contributed by atoms with van der Waals surface area (Å²) in [5.41, 5.74) is -3.30. The summed E-state index contributed by atoms with van der Waals surface area (Å²) in [6, 6.07) is 11.2. The maximum atomic E-state index is 13.2. The third kappa shape index (κ3) is 10.2. The van der Waals surface area contributed by atoms with Crippen LogP contribution >= 0.6 is 23.2 Å². The fourth-order valence-corrected chi connectivity index (χ4v) is 8.27. The number of fused-ring (bicyclic) bond motifs is 1. The van der Waals surface area contributed by atoms with Crippen LogP contribution in [-0.4, -0.2) is 86.5 Å². The summed E-state index contributed by atoms with van der Waals surface area (Å²) in [7, 11) is -5.44. The summed E-state index contributed by atoms with van der Waals surface area (Å²) >= 11 is 11.1. The van der Waals surface area contributed by atoms with Gasteiger partial charge in [-0.15, -0.1) is 0 Å². The number of H-pyrrole nitrogens is 1. The normalized spacial score (nSPS) is 12.0. The highest BCUT2D eigenvalue weighted by atomic mass is 35.5. The van der Waals surface area contributed by atoms with Gasteiger partial charge in [-0.25, -0.2) is 41.2 Å². The van der Waals surface area contributed by atoms with E-state index in [0.717, 1.165) is 35.7 Å². The Balaban J connectivity index is 0.000000235. The number of sulfonamides is 2. The van der Waals surface area contributed by atoms with Gasteiger partial charge < -0.3 is 9.72 Å². The molecule has 2 N–H and O–H groups in total. The molecule has 62 heavy (non-hydrogen) atoms. The van der Waals surface area contributed by atoms with Gasteiger partial charge in [0.25, 0.3) is 26.0 Å². The summed E-state index contributed by atoms with van der Waals surface area (Å²) in [4.78, 5) is 47.6. The third-order valence-electron chi connectivity index (χ3n) is 8.28. The zero-order valence-electron chi connectivity index (χ0n) is 31.7. The number of carbonyl (C=O) groups excluding carboxylic acids is 2. The molecular formula is C36H28Cl2F6N8O8S2. The lowest BCUT2D eigenvalue weighted by atomic mass is 10.1. The summed E-state index contributed by atoms with van der Waals surface area (Å²) in [5.74, 6) is -1.49. The number of anilines is 2. The van der Waals surface area contributed by atoms with Gasteiger partial charge >= 0.3 is 12.4 Å². The van der Waals surface area contributed by atoms with Gasteiger partial charge in [0, 0.05) is 38.1 Å². The number of hydrogen-bond donors (Lipinski definition) is 2. The monoisotopic (exact) mass is 948 g/mol. The van der Waals surface area contributed by atoms with Crippen LogP contribution in [0.15, 0.2) is 101 Å². The van der Waals surface area contributed by atoms with Gasteiger partial charge in [0.1, 0.15) is 30.1 Å². The van der Waals surface area contributed by atoms with E-state index in [-0.39, 0.29) is 28.5 Å². The molecule has 0 radical (unpaired) electrons. The Morgan fingerprint density at radius 3 is 1.95 bits per heavy atom. The van der Waals surface area contributed by atoms with E-state index in [1.54, 1.807) is 12.3 Å². The molecule has 4 aromatic heterocycles. The van der Waals surface area contributed by atoms with Crippen LogP contribution in [0.5, 0.6) is 0 Å². The van der Waals surface area contributed by atoms with E-state index < -0.39 is 81.8 Å². The minimum atomic E-state index is -4.87. The number of ether oxygens (including phenoxy) is 1. The van der Waals surface area contributed by atoms with Crippen LogP contribution in [0.25, 0.3) is 11.0 Å². The molecule has 26 heteroatoms. The number of amides is 1. The van der Waals surface area contributed by atoms with Crippen LogP contribution in [0.2, 0.25) is 10.0 Å². The highest BCUT2D eigenvalue weighted by Crippen LogP contribution is 2.38. The Labute approximate surface area is 357 Å². The fourth-order valence-electron chi connectivity index (χ4n) is 5.32. The van der Waals surface area contributed by atoms with Gasteiger partial charge in [0.05, 0.1) is 49.4 Å². The zero-order valence-corrected chi connectivity index (χ0v) is 34.8. The second-order valence-corrected chi connectivity index (χ2v) is 16.6. The Kier molecular flexibility index (Phi) is 14.1. The molecule has 0 bridgehead atoms. The molecule has 0 aliphatic carbocycles. The average molecular weight is 950 g/mol. The number of halogens is 8. The van der Waals surface area contributed by atoms with E-state index >= 15 is 0 Å². The van der Waals surface area contributed by atoms with E-state index in [4.69, 9.17) is 32.8 Å². The van der Waals surface area contributed by atoms with Gasteiger partial charge in [-0.3, -0.25) is 24.1 Å². The number of nitrogens with zero attached hydrogens (tertiary/aromatic N) is 6. The number of aromatic nitrogens is 5. The van der Waals surface area contributed by atoms with E-state index in [9.17, 15) is 52.8 Å². The number of rotatable bonds is 12. The molecule has 1 amide bonds. The number of pyridine rings is 2. The average Bonchev–Trinajstić information content (AvgIpc) is 3.71. The van der Waals surface area contributed by atoms with Gasteiger partial charge in [0.2, 0.25) is 5.78 Å². The van der Waals surface area contributed by atoms with Crippen molar-refractivity contribution in [3.63, 3.8) is 0 Å². The maximum absolute atomic E-state index is 13.2. The molecule has 328 valence electrons. The molecule has 2 aromatic carbocycles. The standard InChI is InChI=1S/C19H11ClF3N5O3S.C17H17ClF3N3O5S/c20-13-4-3-10(8-12(13)19(21,22)23)32(30,31)28-14-2-1-6-24-16(14)17(29)15-11-5-7-25-18(11)27-9-26-15;1-23(29-3)16(25)15-14(5-4-8-22-15)24(10-28-2)30(26,27)11-6-7-13(18)12(9-11)17(19,20)21/h1-9,28H,(H,25,26,27);4-9H,10H2,1-3H3. The second-order valence-electron chi connectivity index (χ2n) is 12.2. The van der Waals surface area contributed by atoms with Crippen molar-refractivity contribution in [3.8, 4) is 0 Å². The number of benzene rings is 2. The van der Waals surface area contributed by atoms with Crippen LogP contribution in [0.4, 0.5) is 37.7 Å². The SMILES string of the molecule is COCN(c1cccnc1C(=O)N(C)OC)S(=O)(=O)c1ccc(Cl)c(C(F)(F)F)c1.O=C(c1ncccc1NS(=O)(=O)c1ccc(Cl)c(C(F)(F)F)c1)c1ncnc2[nH]ccc12. The molecule has 6 rings (SSSR count). The number of nitrogens with one attached hydrogen (secondary N) is 2. The lowest BCUT2D eigenvalue weighted by molar-refractivity contribution is -0.138. The second kappa shape index (κ2) is 18.6. The number of aromatic amines is 1. The van der Waals surface area contributed by atoms with E-state index in [2.05, 4.69) is 29.6 Å². The van der Waals surface area contributed by atoms with Gasteiger partial charge in [-0.1, -0.05) is 23.2 Å². The molecule has 4 heterocycles. The molecule has 6 aromatic rings. The van der Waals surface area contributed by atoms with Crippen molar-refractivity contribution in [1.29, 1.82) is 0 Å². The van der Waals surface area contributed by atoms with Crippen molar-refractivity contribution in [1.82, 2.24) is 30.0 Å². The molecule has 0 fully saturated rings. The van der Waals surface area contributed by atoms with Crippen molar-refractivity contribution >= 4 is 77.3 Å². The Hall–Kier alpha value is -5.92. The summed E-state index contributed by atoms with van der Waals surface area (Å²) in [6.45, 7) is -0.602. The molecular weight excluding hydrogens is 921 g/mol. The van der Waals surface area contributed by atoms with E-state index in [1.165, 1.54) is 57.9 Å². The van der Waals surface area contributed by atoms with Gasteiger partial charge in [-0.2, -0.15) is 26.3 Å².